The van der Waals surface area contributed by atoms with Gasteiger partial charge in [0.1, 0.15) is 17.2 Å². The third-order valence-electron chi connectivity index (χ3n) is 4.33. The summed E-state index contributed by atoms with van der Waals surface area (Å²) in [4.78, 5) is 48.2. The number of H-pyrrole nitrogens is 1. The van der Waals surface area contributed by atoms with Crippen molar-refractivity contribution in [2.24, 2.45) is 5.92 Å². The lowest BCUT2D eigenvalue weighted by atomic mass is 10.2. The smallest absolute Gasteiger partial charge is 0.329 e. The van der Waals surface area contributed by atoms with Crippen LogP contribution in [-0.2, 0) is 6.54 Å². The minimum Gasteiger partial charge on any atom is -0.384 e. The number of rotatable bonds is 8. The molecule has 9 nitrogen and oxygen atoms in total. The number of carbonyl (C=O) groups is 1. The van der Waals surface area contributed by atoms with E-state index in [-0.39, 0.29) is 23.1 Å². The second-order valence-electron chi connectivity index (χ2n) is 7.14. The molecule has 0 aliphatic rings. The Bertz CT molecular complexity index is 1200. The summed E-state index contributed by atoms with van der Waals surface area (Å²) in [6.45, 7) is 6.77. The van der Waals surface area contributed by atoms with E-state index in [1.54, 1.807) is 0 Å². The van der Waals surface area contributed by atoms with E-state index in [0.717, 1.165) is 22.7 Å². The number of anilines is 2. The molecule has 0 radical (unpaired) electrons. The molecule has 3 rings (SSSR count). The quantitative estimate of drug-likeness (QED) is 0.282. The highest BCUT2D eigenvalue weighted by molar-refractivity contribution is 7.99. The maximum Gasteiger partial charge on any atom is 0.329 e. The number of ketones is 1. The van der Waals surface area contributed by atoms with Gasteiger partial charge in [0.25, 0.3) is 5.56 Å². The van der Waals surface area contributed by atoms with Gasteiger partial charge in [-0.2, -0.15) is 0 Å². The molecule has 30 heavy (non-hydrogen) atoms. The Morgan fingerprint density at radius 2 is 2.00 bits per heavy atom. The minimum absolute atomic E-state index is 0.0862. The number of nitrogens with one attached hydrogen (secondary N) is 2. The van der Waals surface area contributed by atoms with E-state index >= 15 is 0 Å². The summed E-state index contributed by atoms with van der Waals surface area (Å²) < 4.78 is 1.22. The van der Waals surface area contributed by atoms with Crippen molar-refractivity contribution in [3.63, 3.8) is 0 Å². The number of hydrogen-bond acceptors (Lipinski definition) is 8. The van der Waals surface area contributed by atoms with Crippen molar-refractivity contribution in [3.8, 4) is 0 Å². The van der Waals surface area contributed by atoms with Crippen molar-refractivity contribution in [2.75, 3.05) is 23.3 Å². The number of benzene rings is 1. The molecule has 0 fully saturated rings. The van der Waals surface area contributed by atoms with Gasteiger partial charge in [-0.3, -0.25) is 19.1 Å². The summed E-state index contributed by atoms with van der Waals surface area (Å²) in [5, 5.41) is 4.49. The third-order valence-corrected chi connectivity index (χ3v) is 5.17. The molecule has 0 aliphatic carbocycles. The molecule has 0 bridgehead atoms. The van der Waals surface area contributed by atoms with Crippen LogP contribution in [0.4, 0.5) is 11.6 Å². The van der Waals surface area contributed by atoms with E-state index in [1.807, 2.05) is 45.0 Å². The molecule has 0 aliphatic heterocycles. The second-order valence-corrected chi connectivity index (χ2v) is 8.08. The van der Waals surface area contributed by atoms with Gasteiger partial charge in [0.2, 0.25) is 0 Å². The summed E-state index contributed by atoms with van der Waals surface area (Å²) in [7, 11) is 0. The first kappa shape index (κ1) is 21.6. The van der Waals surface area contributed by atoms with Crippen LogP contribution in [0.2, 0.25) is 0 Å². The zero-order valence-corrected chi connectivity index (χ0v) is 17.9. The number of fused-ring (bicyclic) bond motifs is 1. The van der Waals surface area contributed by atoms with Crippen molar-refractivity contribution >= 4 is 40.1 Å². The zero-order valence-electron chi connectivity index (χ0n) is 17.1. The molecule has 2 heterocycles. The van der Waals surface area contributed by atoms with Crippen LogP contribution in [-0.4, -0.2) is 37.6 Å². The molecule has 0 spiro atoms. The largest absolute Gasteiger partial charge is 0.384 e. The first-order valence-corrected chi connectivity index (χ1v) is 10.6. The van der Waals surface area contributed by atoms with Crippen LogP contribution < -0.4 is 22.3 Å². The summed E-state index contributed by atoms with van der Waals surface area (Å²) in [5.41, 5.74) is 5.15. The SMILES string of the molecule is CCNc1nc(SCC(=O)c2c(N)n(CC(C)C)c(=O)[nH]c2=O)nc2ccccc12. The number of aromatic nitrogens is 4. The molecule has 0 atom stereocenters. The topological polar surface area (TPSA) is 136 Å². The molecular formula is C20H24N6O3S. The monoisotopic (exact) mass is 428 g/mol. The number of Topliss-reactive ketones (excluding diaryl/α,β-unsaturated/α-hetero) is 1. The maximum absolute atomic E-state index is 12.8. The number of para-hydroxylation sites is 1. The zero-order chi connectivity index (χ0) is 21.8. The van der Waals surface area contributed by atoms with Gasteiger partial charge in [-0.05, 0) is 25.0 Å². The number of carbonyl (C=O) groups excluding carboxylic acids is 1. The summed E-state index contributed by atoms with van der Waals surface area (Å²) in [6, 6.07) is 7.58. The fraction of sp³-hybridized carbons (Fsp3) is 0.350. The molecule has 2 aromatic heterocycles. The van der Waals surface area contributed by atoms with Crippen LogP contribution >= 0.6 is 11.8 Å². The van der Waals surface area contributed by atoms with Crippen LogP contribution in [0.15, 0.2) is 39.0 Å². The average Bonchev–Trinajstić information content (AvgIpc) is 2.69. The Kier molecular flexibility index (Phi) is 6.56. The summed E-state index contributed by atoms with van der Waals surface area (Å²) in [5.74, 6) is 0.107. The number of nitrogen functional groups attached to an aromatic ring is 1. The average molecular weight is 429 g/mol. The number of nitrogens with two attached hydrogens (primary N) is 1. The summed E-state index contributed by atoms with van der Waals surface area (Å²) in [6.07, 6.45) is 0. The Labute approximate surface area is 177 Å². The Morgan fingerprint density at radius 3 is 2.70 bits per heavy atom. The normalized spacial score (nSPS) is 11.2. The number of aromatic amines is 1. The van der Waals surface area contributed by atoms with E-state index in [0.29, 0.717) is 24.1 Å². The Morgan fingerprint density at radius 1 is 1.27 bits per heavy atom. The van der Waals surface area contributed by atoms with Gasteiger partial charge in [-0.25, -0.2) is 14.8 Å². The Hall–Kier alpha value is -3.14. The highest BCUT2D eigenvalue weighted by atomic mass is 32.2. The van der Waals surface area contributed by atoms with Gasteiger partial charge in [-0.1, -0.05) is 37.7 Å². The van der Waals surface area contributed by atoms with E-state index < -0.39 is 17.0 Å². The molecule has 3 aromatic rings. The Balaban J connectivity index is 1.89. The minimum atomic E-state index is -0.782. The van der Waals surface area contributed by atoms with Crippen molar-refractivity contribution < 1.29 is 4.79 Å². The maximum atomic E-state index is 12.8. The molecule has 0 unspecified atom stereocenters. The van der Waals surface area contributed by atoms with Crippen LogP contribution in [0, 0.1) is 5.92 Å². The molecule has 10 heteroatoms. The van der Waals surface area contributed by atoms with Gasteiger partial charge < -0.3 is 11.1 Å². The lowest BCUT2D eigenvalue weighted by molar-refractivity contribution is 0.102. The number of thioether (sulfide) groups is 1. The van der Waals surface area contributed by atoms with E-state index in [2.05, 4.69) is 20.3 Å². The third kappa shape index (κ3) is 4.54. The fourth-order valence-corrected chi connectivity index (χ4v) is 3.75. The second kappa shape index (κ2) is 9.12. The molecule has 4 N–H and O–H groups in total. The number of nitrogens with zero attached hydrogens (tertiary/aromatic N) is 3. The van der Waals surface area contributed by atoms with Crippen LogP contribution in [0.5, 0.6) is 0 Å². The molecule has 0 amide bonds. The molecule has 0 saturated carbocycles. The molecular weight excluding hydrogens is 404 g/mol. The van der Waals surface area contributed by atoms with Crippen molar-refractivity contribution in [1.82, 2.24) is 19.5 Å². The predicted octanol–water partition coefficient (Wildman–Crippen LogP) is 2.12. The lowest BCUT2D eigenvalue weighted by Gasteiger charge is -2.13. The predicted molar refractivity (Wildman–Crippen MR) is 119 cm³/mol. The van der Waals surface area contributed by atoms with Crippen LogP contribution in [0.1, 0.15) is 31.1 Å². The fourth-order valence-electron chi connectivity index (χ4n) is 3.03. The summed E-state index contributed by atoms with van der Waals surface area (Å²) >= 11 is 1.11. The van der Waals surface area contributed by atoms with Gasteiger partial charge >= 0.3 is 5.69 Å². The van der Waals surface area contributed by atoms with Gasteiger partial charge in [-0.15, -0.1) is 0 Å². The van der Waals surface area contributed by atoms with Crippen molar-refractivity contribution in [3.05, 3.63) is 50.7 Å². The first-order valence-electron chi connectivity index (χ1n) is 9.61. The number of hydrogen-bond donors (Lipinski definition) is 3. The lowest BCUT2D eigenvalue weighted by Crippen LogP contribution is -2.37. The highest BCUT2D eigenvalue weighted by Crippen LogP contribution is 2.25. The van der Waals surface area contributed by atoms with E-state index in [9.17, 15) is 14.4 Å². The standard InChI is InChI=1S/C20H24N6O3S/c1-4-22-17-12-7-5-6-8-13(12)23-19(24-17)30-10-14(27)15-16(21)26(9-11(2)3)20(29)25-18(15)28/h5-8,11H,4,9-10,21H2,1-3H3,(H,22,23,24)(H,25,28,29). The first-order chi connectivity index (χ1) is 14.3. The highest BCUT2D eigenvalue weighted by Gasteiger charge is 2.20. The van der Waals surface area contributed by atoms with E-state index in [1.165, 1.54) is 4.57 Å². The van der Waals surface area contributed by atoms with Crippen LogP contribution in [0.25, 0.3) is 10.9 Å². The van der Waals surface area contributed by atoms with Crippen LogP contribution in [0.3, 0.4) is 0 Å². The van der Waals surface area contributed by atoms with Crippen molar-refractivity contribution in [2.45, 2.75) is 32.5 Å². The van der Waals surface area contributed by atoms with Gasteiger partial charge in [0.05, 0.1) is 11.3 Å². The molecule has 0 saturated heterocycles. The molecule has 1 aromatic carbocycles. The molecule has 158 valence electrons. The van der Waals surface area contributed by atoms with Gasteiger partial charge in [0.15, 0.2) is 10.9 Å². The van der Waals surface area contributed by atoms with Crippen molar-refractivity contribution in [1.29, 1.82) is 0 Å². The van der Waals surface area contributed by atoms with Gasteiger partial charge in [0, 0.05) is 18.5 Å². The van der Waals surface area contributed by atoms with E-state index in [4.69, 9.17) is 5.73 Å².